The largest absolute Gasteiger partial charge is 0.343 e. The molecule has 102 valence electrons. The fraction of sp³-hybridized carbons (Fsp3) is 0.833. The van der Waals surface area contributed by atoms with Gasteiger partial charge in [-0.25, -0.2) is 9.89 Å². The van der Waals surface area contributed by atoms with Crippen molar-refractivity contribution >= 4 is 11.8 Å². The lowest BCUT2D eigenvalue weighted by Crippen LogP contribution is -2.33. The Bertz CT molecular complexity index is 428. The number of nitrogens with zero attached hydrogens (tertiary/aromatic N) is 2. The quantitative estimate of drug-likeness (QED) is 0.877. The van der Waals surface area contributed by atoms with Crippen LogP contribution in [0.1, 0.15) is 45.4 Å². The van der Waals surface area contributed by atoms with Crippen molar-refractivity contribution < 1.29 is 0 Å². The molecule has 0 aromatic carbocycles. The van der Waals surface area contributed by atoms with Crippen molar-refractivity contribution in [3.05, 3.63) is 10.5 Å². The molecule has 0 aliphatic heterocycles. The van der Waals surface area contributed by atoms with Crippen LogP contribution < -0.4 is 11.4 Å². The summed E-state index contributed by atoms with van der Waals surface area (Å²) in [4.78, 5) is 11.5. The number of hydrogen-bond donors (Lipinski definition) is 2. The van der Waals surface area contributed by atoms with Crippen LogP contribution in [-0.2, 0) is 6.54 Å². The second kappa shape index (κ2) is 6.43. The number of aromatic nitrogens is 3. The van der Waals surface area contributed by atoms with E-state index in [1.165, 1.54) is 25.7 Å². The molecule has 6 heteroatoms. The Morgan fingerprint density at radius 3 is 2.83 bits per heavy atom. The Morgan fingerprint density at radius 1 is 1.39 bits per heavy atom. The van der Waals surface area contributed by atoms with Crippen LogP contribution in [0, 0.1) is 0 Å². The highest BCUT2D eigenvalue weighted by molar-refractivity contribution is 7.99. The van der Waals surface area contributed by atoms with E-state index in [-0.39, 0.29) is 11.7 Å². The fourth-order valence-electron chi connectivity index (χ4n) is 2.43. The van der Waals surface area contributed by atoms with Crippen LogP contribution in [0.4, 0.5) is 0 Å². The minimum atomic E-state index is -0.126. The van der Waals surface area contributed by atoms with Crippen molar-refractivity contribution in [1.82, 2.24) is 14.8 Å². The molecule has 1 heterocycles. The van der Waals surface area contributed by atoms with Crippen molar-refractivity contribution in [3.63, 3.8) is 0 Å². The number of nitrogens with two attached hydrogens (primary N) is 1. The maximum atomic E-state index is 11.5. The van der Waals surface area contributed by atoms with E-state index in [0.29, 0.717) is 11.8 Å². The van der Waals surface area contributed by atoms with E-state index >= 15 is 0 Å². The molecule has 2 atom stereocenters. The van der Waals surface area contributed by atoms with Gasteiger partial charge in [-0.3, -0.25) is 4.57 Å². The van der Waals surface area contributed by atoms with Crippen LogP contribution in [0.5, 0.6) is 0 Å². The zero-order chi connectivity index (χ0) is 13.0. The predicted molar refractivity (Wildman–Crippen MR) is 73.8 cm³/mol. The summed E-state index contributed by atoms with van der Waals surface area (Å²) in [5, 5.41) is 7.78. The van der Waals surface area contributed by atoms with Gasteiger partial charge in [-0.1, -0.05) is 37.4 Å². The van der Waals surface area contributed by atoms with Gasteiger partial charge in [0.2, 0.25) is 0 Å². The van der Waals surface area contributed by atoms with Crippen molar-refractivity contribution in [3.8, 4) is 0 Å². The van der Waals surface area contributed by atoms with E-state index in [9.17, 15) is 4.79 Å². The van der Waals surface area contributed by atoms with Gasteiger partial charge < -0.3 is 5.73 Å². The van der Waals surface area contributed by atoms with Crippen molar-refractivity contribution in [1.29, 1.82) is 0 Å². The molecule has 5 nitrogen and oxygen atoms in total. The highest BCUT2D eigenvalue weighted by Gasteiger charge is 2.23. The van der Waals surface area contributed by atoms with Gasteiger partial charge in [0.1, 0.15) is 0 Å². The molecular weight excluding hydrogens is 248 g/mol. The molecule has 0 spiro atoms. The number of rotatable bonds is 3. The monoisotopic (exact) mass is 270 g/mol. The molecule has 2 rings (SSSR count). The smallest absolute Gasteiger partial charge is 0.327 e. The zero-order valence-corrected chi connectivity index (χ0v) is 11.7. The SMILES string of the molecule is CCn1c(SC2CCCCCCC2N)n[nH]c1=O. The average Bonchev–Trinajstić information content (AvgIpc) is 2.69. The van der Waals surface area contributed by atoms with E-state index in [1.54, 1.807) is 16.3 Å². The highest BCUT2D eigenvalue weighted by Crippen LogP contribution is 2.30. The van der Waals surface area contributed by atoms with E-state index in [4.69, 9.17) is 5.73 Å². The third kappa shape index (κ3) is 3.17. The summed E-state index contributed by atoms with van der Waals surface area (Å²) in [6.07, 6.45) is 7.25. The van der Waals surface area contributed by atoms with Crippen molar-refractivity contribution in [2.24, 2.45) is 5.73 Å². The molecule has 2 unspecified atom stereocenters. The summed E-state index contributed by atoms with van der Waals surface area (Å²) in [6.45, 7) is 2.61. The first-order valence-electron chi connectivity index (χ1n) is 6.79. The lowest BCUT2D eigenvalue weighted by atomic mass is 9.97. The molecule has 0 saturated heterocycles. The topological polar surface area (TPSA) is 76.7 Å². The Kier molecular flexibility index (Phi) is 4.88. The lowest BCUT2D eigenvalue weighted by Gasteiger charge is -2.25. The van der Waals surface area contributed by atoms with Crippen molar-refractivity contribution in [2.45, 2.75) is 68.4 Å². The molecule has 1 aliphatic rings. The van der Waals surface area contributed by atoms with Crippen LogP contribution in [0.2, 0.25) is 0 Å². The molecule has 3 N–H and O–H groups in total. The molecule has 18 heavy (non-hydrogen) atoms. The standard InChI is InChI=1S/C12H22N4OS/c1-2-16-11(17)14-15-12(16)18-10-8-6-4-3-5-7-9(10)13/h9-10H,2-8,13H2,1H3,(H,14,17). The second-order valence-corrected chi connectivity index (χ2v) is 6.07. The third-order valence-corrected chi connectivity index (χ3v) is 4.96. The van der Waals surface area contributed by atoms with Crippen LogP contribution >= 0.6 is 11.8 Å². The van der Waals surface area contributed by atoms with Gasteiger partial charge in [-0.15, -0.1) is 5.10 Å². The molecule has 0 amide bonds. The Morgan fingerprint density at radius 2 is 2.11 bits per heavy atom. The van der Waals surface area contributed by atoms with E-state index < -0.39 is 0 Å². The van der Waals surface area contributed by atoms with Gasteiger partial charge in [-0.05, 0) is 19.8 Å². The summed E-state index contributed by atoms with van der Waals surface area (Å²) >= 11 is 1.66. The molecule has 0 bridgehead atoms. The predicted octanol–water partition coefficient (Wildman–Crippen LogP) is 1.73. The molecule has 1 aromatic heterocycles. The minimum absolute atomic E-state index is 0.126. The van der Waals surface area contributed by atoms with Gasteiger partial charge in [0.05, 0.1) is 0 Å². The fourth-order valence-corrected chi connectivity index (χ4v) is 3.74. The number of thioether (sulfide) groups is 1. The van der Waals surface area contributed by atoms with Crippen LogP contribution in [0.25, 0.3) is 0 Å². The molecule has 0 radical (unpaired) electrons. The van der Waals surface area contributed by atoms with Gasteiger partial charge >= 0.3 is 5.69 Å². The second-order valence-electron chi connectivity index (χ2n) is 4.87. The first-order valence-corrected chi connectivity index (χ1v) is 7.67. The number of H-pyrrole nitrogens is 1. The Hall–Kier alpha value is -0.750. The van der Waals surface area contributed by atoms with Gasteiger partial charge in [0.25, 0.3) is 0 Å². The Labute approximate surface area is 112 Å². The minimum Gasteiger partial charge on any atom is -0.327 e. The van der Waals surface area contributed by atoms with E-state index in [0.717, 1.165) is 18.0 Å². The first kappa shape index (κ1) is 13.7. The zero-order valence-electron chi connectivity index (χ0n) is 10.9. The summed E-state index contributed by atoms with van der Waals surface area (Å²) in [7, 11) is 0. The molecule has 1 aliphatic carbocycles. The van der Waals surface area contributed by atoms with E-state index in [1.807, 2.05) is 6.92 Å². The summed E-state index contributed by atoms with van der Waals surface area (Å²) < 4.78 is 1.68. The summed E-state index contributed by atoms with van der Waals surface area (Å²) in [5.74, 6) is 0. The normalized spacial score (nSPS) is 25.7. The molecular formula is C12H22N4OS. The number of hydrogen-bond acceptors (Lipinski definition) is 4. The lowest BCUT2D eigenvalue weighted by molar-refractivity contribution is 0.462. The van der Waals surface area contributed by atoms with Gasteiger partial charge in [0, 0.05) is 17.8 Å². The number of aromatic amines is 1. The third-order valence-electron chi connectivity index (χ3n) is 3.55. The average molecular weight is 270 g/mol. The van der Waals surface area contributed by atoms with Crippen molar-refractivity contribution in [2.75, 3.05) is 0 Å². The molecule has 1 saturated carbocycles. The van der Waals surface area contributed by atoms with Crippen LogP contribution in [0.3, 0.4) is 0 Å². The van der Waals surface area contributed by atoms with Crippen LogP contribution in [0.15, 0.2) is 9.95 Å². The van der Waals surface area contributed by atoms with Crippen LogP contribution in [-0.4, -0.2) is 26.1 Å². The van der Waals surface area contributed by atoms with E-state index in [2.05, 4.69) is 10.2 Å². The maximum Gasteiger partial charge on any atom is 0.343 e. The maximum absolute atomic E-state index is 11.5. The summed E-state index contributed by atoms with van der Waals surface area (Å²) in [5.41, 5.74) is 6.12. The van der Waals surface area contributed by atoms with Gasteiger partial charge in [-0.2, -0.15) is 0 Å². The highest BCUT2D eigenvalue weighted by atomic mass is 32.2. The first-order chi connectivity index (χ1) is 8.72. The Balaban J connectivity index is 2.07. The summed E-state index contributed by atoms with van der Waals surface area (Å²) in [6, 6.07) is 0.215. The number of nitrogens with one attached hydrogen (secondary N) is 1. The van der Waals surface area contributed by atoms with Gasteiger partial charge in [0.15, 0.2) is 5.16 Å². The molecule has 1 fully saturated rings. The molecule has 1 aromatic rings.